The first-order valence-corrected chi connectivity index (χ1v) is 17.5. The van der Waals surface area contributed by atoms with Crippen LogP contribution in [0.25, 0.3) is 10.8 Å². The van der Waals surface area contributed by atoms with E-state index in [1.165, 1.54) is 6.42 Å². The van der Waals surface area contributed by atoms with Crippen LogP contribution in [0.3, 0.4) is 0 Å². The van der Waals surface area contributed by atoms with Gasteiger partial charge in [-0.15, -0.1) is 0 Å². The number of piperazine rings is 1. The van der Waals surface area contributed by atoms with Crippen LogP contribution >= 0.6 is 0 Å². The number of hydrogen-bond donors (Lipinski definition) is 0. The van der Waals surface area contributed by atoms with Crippen molar-refractivity contribution in [2.45, 2.75) is 82.8 Å². The molecule has 4 aliphatic heterocycles. The Morgan fingerprint density at radius 1 is 1.02 bits per heavy atom. The fraction of sp³-hybridized carbons (Fsp3) is 0.595. The van der Waals surface area contributed by atoms with Crippen LogP contribution < -0.4 is 19.3 Å². The maximum absolute atomic E-state index is 13.4. The fourth-order valence-corrected chi connectivity index (χ4v) is 7.95. The van der Waals surface area contributed by atoms with E-state index in [0.29, 0.717) is 38.3 Å². The van der Waals surface area contributed by atoms with Crippen LogP contribution in [-0.2, 0) is 27.2 Å². The minimum Gasteiger partial charge on any atom is -0.467 e. The molecule has 5 heterocycles. The van der Waals surface area contributed by atoms with Gasteiger partial charge in [0.25, 0.3) is 0 Å². The summed E-state index contributed by atoms with van der Waals surface area (Å²) in [6, 6.07) is 13.1. The van der Waals surface area contributed by atoms with Crippen molar-refractivity contribution in [3.8, 4) is 11.8 Å². The van der Waals surface area contributed by atoms with Gasteiger partial charge in [0.1, 0.15) is 23.8 Å². The lowest BCUT2D eigenvalue weighted by molar-refractivity contribution is 0.00209. The molecular formula is C37H50N6O6. The Morgan fingerprint density at radius 3 is 2.61 bits per heavy atom. The second kappa shape index (κ2) is 13.8. The van der Waals surface area contributed by atoms with Gasteiger partial charge in [0.2, 0.25) is 0 Å². The van der Waals surface area contributed by atoms with E-state index in [1.807, 2.05) is 31.7 Å². The van der Waals surface area contributed by atoms with Crippen molar-refractivity contribution in [2.24, 2.45) is 0 Å². The molecule has 0 spiro atoms. The fourth-order valence-electron chi connectivity index (χ4n) is 7.95. The monoisotopic (exact) mass is 674 g/mol. The summed E-state index contributed by atoms with van der Waals surface area (Å²) in [5.74, 6) is 1.66. The molecule has 12 nitrogen and oxygen atoms in total. The number of likely N-dealkylation sites (N-methyl/N-ethyl adjacent to an activating group) is 1. The highest BCUT2D eigenvalue weighted by Crippen LogP contribution is 2.40. The zero-order chi connectivity index (χ0) is 34.3. The van der Waals surface area contributed by atoms with Crippen molar-refractivity contribution < 1.29 is 28.5 Å². The third kappa shape index (κ3) is 6.95. The quantitative estimate of drug-likeness (QED) is 0.291. The van der Waals surface area contributed by atoms with Gasteiger partial charge in [-0.05, 0) is 71.5 Å². The number of aromatic nitrogens is 2. The molecule has 3 saturated heterocycles. The maximum atomic E-state index is 13.4. The molecular weight excluding hydrogens is 624 g/mol. The smallest absolute Gasteiger partial charge is 0.411 e. The maximum Gasteiger partial charge on any atom is 0.411 e. The van der Waals surface area contributed by atoms with Crippen LogP contribution in [0.2, 0.25) is 0 Å². The third-order valence-electron chi connectivity index (χ3n) is 10.3. The lowest BCUT2D eigenvalue weighted by Crippen LogP contribution is -2.58. The number of methoxy groups -OCH3 is 2. The normalized spacial score (nSPS) is 24.0. The molecule has 0 aliphatic carbocycles. The van der Waals surface area contributed by atoms with Gasteiger partial charge in [0.05, 0.1) is 30.4 Å². The van der Waals surface area contributed by atoms with Crippen molar-refractivity contribution in [1.82, 2.24) is 19.8 Å². The summed E-state index contributed by atoms with van der Waals surface area (Å²) in [7, 11) is 5.51. The van der Waals surface area contributed by atoms with Crippen molar-refractivity contribution in [3.05, 3.63) is 47.7 Å². The van der Waals surface area contributed by atoms with Gasteiger partial charge in [-0.3, -0.25) is 4.90 Å². The first kappa shape index (κ1) is 33.6. The molecule has 4 atom stereocenters. The third-order valence-corrected chi connectivity index (χ3v) is 10.3. The van der Waals surface area contributed by atoms with Crippen LogP contribution in [0.15, 0.2) is 36.4 Å². The molecule has 2 aromatic carbocycles. The average molecular weight is 675 g/mol. The lowest BCUT2D eigenvalue weighted by Gasteiger charge is -2.43. The molecule has 0 N–H and O–H groups in total. The second-order valence-electron chi connectivity index (χ2n) is 14.8. The molecule has 12 heteroatoms. The number of carbonyl (C=O) groups excluding carboxylic acids is 1. The number of ether oxygens (including phenoxy) is 5. The van der Waals surface area contributed by atoms with Crippen LogP contribution in [0.5, 0.6) is 11.8 Å². The predicted molar refractivity (Wildman–Crippen MR) is 188 cm³/mol. The molecule has 3 fully saturated rings. The van der Waals surface area contributed by atoms with E-state index in [4.69, 9.17) is 33.7 Å². The van der Waals surface area contributed by atoms with Gasteiger partial charge in [-0.2, -0.15) is 9.97 Å². The molecule has 264 valence electrons. The Kier molecular flexibility index (Phi) is 9.47. The van der Waals surface area contributed by atoms with Crippen molar-refractivity contribution >= 4 is 28.4 Å². The molecule has 3 aromatic rings. The van der Waals surface area contributed by atoms with E-state index in [0.717, 1.165) is 71.6 Å². The predicted octanol–water partition coefficient (Wildman–Crippen LogP) is 4.86. The van der Waals surface area contributed by atoms with E-state index < -0.39 is 5.60 Å². The Bertz CT molecular complexity index is 1660. The highest BCUT2D eigenvalue weighted by molar-refractivity contribution is 5.95. The first-order chi connectivity index (χ1) is 23.6. The van der Waals surface area contributed by atoms with Crippen LogP contribution in [0, 0.1) is 0 Å². The summed E-state index contributed by atoms with van der Waals surface area (Å²) in [5.41, 5.74) is 2.62. The molecule has 2 bridgehead atoms. The summed E-state index contributed by atoms with van der Waals surface area (Å²) in [4.78, 5) is 32.6. The lowest BCUT2D eigenvalue weighted by atomic mass is 10.0. The number of amides is 1. The van der Waals surface area contributed by atoms with E-state index in [2.05, 4.69) is 52.1 Å². The number of carbonyl (C=O) groups is 1. The number of fused-ring (bicyclic) bond motifs is 4. The summed E-state index contributed by atoms with van der Waals surface area (Å²) in [6.07, 6.45) is 3.43. The number of likely N-dealkylation sites (tertiary alicyclic amines) is 1. The Balaban J connectivity index is 1.22. The van der Waals surface area contributed by atoms with E-state index in [-0.39, 0.29) is 31.1 Å². The standard InChI is InChI=1S/C37H50N6O6/c1-37(2,3)49-36(44)43-26-17-33(46-6)32(43)21-42(19-26)34-29-13-15-41(20-30(29)38-35(39-34)47-22-25-11-9-14-40(25)4)31-18-27(48-23-45-5)16-24-10-7-8-12-28(24)31/h7-8,10,12,16,18,25-26,32-33H,9,11,13-15,17,19-23H2,1-6H3/t25-,26+,32+,33+/m0/s1. The summed E-state index contributed by atoms with van der Waals surface area (Å²) >= 11 is 0. The molecule has 0 unspecified atom stereocenters. The van der Waals surface area contributed by atoms with Crippen LogP contribution in [-0.4, -0.2) is 117 Å². The highest BCUT2D eigenvalue weighted by atomic mass is 16.7. The van der Waals surface area contributed by atoms with E-state index >= 15 is 0 Å². The van der Waals surface area contributed by atoms with Gasteiger partial charge in [-0.25, -0.2) is 4.79 Å². The topological polar surface area (TPSA) is 102 Å². The van der Waals surface area contributed by atoms with Gasteiger partial charge in [-0.1, -0.05) is 24.3 Å². The SMILES string of the molecule is COCOc1cc(N2CCc3c(nc(OC[C@@H]4CCCN4C)nc3N3C[C@H]4C[C@@H](OC)[C@@H](C3)N4C(=O)OC(C)(C)C)C2)c2ccccc2c1. The molecule has 0 saturated carbocycles. The van der Waals surface area contributed by atoms with Gasteiger partial charge >= 0.3 is 12.1 Å². The molecule has 4 aliphatic rings. The number of anilines is 2. The molecule has 1 amide bonds. The molecule has 49 heavy (non-hydrogen) atoms. The average Bonchev–Trinajstić information content (AvgIpc) is 3.60. The number of nitrogens with zero attached hydrogens (tertiary/aromatic N) is 6. The largest absolute Gasteiger partial charge is 0.467 e. The van der Waals surface area contributed by atoms with Gasteiger partial charge in [0.15, 0.2) is 6.79 Å². The summed E-state index contributed by atoms with van der Waals surface area (Å²) in [5, 5.41) is 2.27. The zero-order valence-electron chi connectivity index (χ0n) is 29.7. The Hall–Kier alpha value is -3.87. The Labute approximate surface area is 289 Å². The molecule has 1 aromatic heterocycles. The van der Waals surface area contributed by atoms with Crippen molar-refractivity contribution in [1.29, 1.82) is 0 Å². The summed E-state index contributed by atoms with van der Waals surface area (Å²) in [6.45, 7) is 10.1. The number of benzene rings is 2. The van der Waals surface area contributed by atoms with Gasteiger partial charge in [0, 0.05) is 62.6 Å². The Morgan fingerprint density at radius 2 is 1.86 bits per heavy atom. The highest BCUT2D eigenvalue weighted by Gasteiger charge is 2.51. The number of hydrogen-bond acceptors (Lipinski definition) is 11. The second-order valence-corrected chi connectivity index (χ2v) is 14.8. The first-order valence-electron chi connectivity index (χ1n) is 17.5. The number of rotatable bonds is 9. The minimum absolute atomic E-state index is 0.0537. The van der Waals surface area contributed by atoms with Crippen molar-refractivity contribution in [2.75, 3.05) is 70.6 Å². The zero-order valence-corrected chi connectivity index (χ0v) is 29.7. The van der Waals surface area contributed by atoms with E-state index in [9.17, 15) is 4.79 Å². The van der Waals surface area contributed by atoms with Crippen LogP contribution in [0.1, 0.15) is 51.3 Å². The van der Waals surface area contributed by atoms with Crippen molar-refractivity contribution in [3.63, 3.8) is 0 Å². The summed E-state index contributed by atoms with van der Waals surface area (Å²) < 4.78 is 29.3. The van der Waals surface area contributed by atoms with E-state index in [1.54, 1.807) is 14.2 Å². The van der Waals surface area contributed by atoms with Gasteiger partial charge < -0.3 is 38.4 Å². The van der Waals surface area contributed by atoms with Crippen LogP contribution in [0.4, 0.5) is 16.3 Å². The molecule has 7 rings (SSSR count). The molecule has 0 radical (unpaired) electrons. The minimum atomic E-state index is -0.575.